The maximum Gasteiger partial charge on any atom is 0.335 e. The number of rotatable bonds is 5. The van der Waals surface area contributed by atoms with Crippen molar-refractivity contribution in [1.82, 2.24) is 0 Å². The van der Waals surface area contributed by atoms with E-state index in [1.54, 1.807) is 0 Å². The normalized spacial score (nSPS) is 15.3. The number of benzene rings is 1. The Morgan fingerprint density at radius 3 is 2.61 bits per heavy atom. The maximum atomic E-state index is 11.7. The van der Waals surface area contributed by atoms with Gasteiger partial charge in [-0.3, -0.25) is 4.72 Å². The molecule has 18 heavy (non-hydrogen) atoms. The highest BCUT2D eigenvalue weighted by Gasteiger charge is 2.28. The standard InChI is InChI=1S/C11H14N2O4S/c12-9-5-8(11(14)15)3-4-10(9)13-18(16,17)6-7-1-2-7/h3-5,7,13H,1-2,6,12H2,(H,14,15). The zero-order chi connectivity index (χ0) is 13.3. The molecule has 0 heterocycles. The van der Waals surface area contributed by atoms with Crippen LogP contribution < -0.4 is 10.5 Å². The number of aromatic carboxylic acids is 1. The monoisotopic (exact) mass is 270 g/mol. The van der Waals surface area contributed by atoms with Gasteiger partial charge in [-0.05, 0) is 37.0 Å². The van der Waals surface area contributed by atoms with E-state index in [1.165, 1.54) is 18.2 Å². The summed E-state index contributed by atoms with van der Waals surface area (Å²) in [5.41, 5.74) is 5.98. The summed E-state index contributed by atoms with van der Waals surface area (Å²) >= 11 is 0. The van der Waals surface area contributed by atoms with Gasteiger partial charge < -0.3 is 10.8 Å². The lowest BCUT2D eigenvalue weighted by Gasteiger charge is -2.10. The van der Waals surface area contributed by atoms with Gasteiger partial charge in [0, 0.05) is 0 Å². The first kappa shape index (κ1) is 12.7. The smallest absolute Gasteiger partial charge is 0.335 e. The van der Waals surface area contributed by atoms with E-state index in [-0.39, 0.29) is 28.6 Å². The summed E-state index contributed by atoms with van der Waals surface area (Å²) in [6, 6.07) is 3.91. The van der Waals surface area contributed by atoms with Gasteiger partial charge in [-0.25, -0.2) is 13.2 Å². The third kappa shape index (κ3) is 3.13. The predicted molar refractivity (Wildman–Crippen MR) is 67.9 cm³/mol. The highest BCUT2D eigenvalue weighted by molar-refractivity contribution is 7.92. The fourth-order valence-corrected chi connectivity index (χ4v) is 3.15. The quantitative estimate of drug-likeness (QED) is 0.694. The number of carbonyl (C=O) groups is 1. The largest absolute Gasteiger partial charge is 0.478 e. The molecule has 0 unspecified atom stereocenters. The molecule has 7 heteroatoms. The molecule has 98 valence electrons. The molecule has 0 aliphatic heterocycles. The molecule has 1 fully saturated rings. The number of nitrogen functional groups attached to an aromatic ring is 1. The zero-order valence-corrected chi connectivity index (χ0v) is 10.4. The van der Waals surface area contributed by atoms with Crippen LogP contribution in [-0.2, 0) is 10.0 Å². The van der Waals surface area contributed by atoms with Crippen LogP contribution in [0.4, 0.5) is 11.4 Å². The molecule has 1 aliphatic rings. The van der Waals surface area contributed by atoms with E-state index in [2.05, 4.69) is 4.72 Å². The van der Waals surface area contributed by atoms with Crippen molar-refractivity contribution in [2.75, 3.05) is 16.2 Å². The molecule has 1 aliphatic carbocycles. The van der Waals surface area contributed by atoms with Crippen LogP contribution in [0.3, 0.4) is 0 Å². The van der Waals surface area contributed by atoms with Crippen LogP contribution in [0.15, 0.2) is 18.2 Å². The molecule has 2 rings (SSSR count). The Balaban J connectivity index is 2.16. The third-order valence-electron chi connectivity index (χ3n) is 2.72. The topological polar surface area (TPSA) is 109 Å². The highest BCUT2D eigenvalue weighted by Crippen LogP contribution is 2.31. The van der Waals surface area contributed by atoms with E-state index in [0.717, 1.165) is 12.8 Å². The van der Waals surface area contributed by atoms with Crippen molar-refractivity contribution in [3.63, 3.8) is 0 Å². The van der Waals surface area contributed by atoms with Gasteiger partial charge in [-0.2, -0.15) is 0 Å². The Hall–Kier alpha value is -1.76. The summed E-state index contributed by atoms with van der Waals surface area (Å²) in [7, 11) is -3.40. The van der Waals surface area contributed by atoms with E-state index in [0.29, 0.717) is 0 Å². The van der Waals surface area contributed by atoms with Crippen molar-refractivity contribution < 1.29 is 18.3 Å². The molecule has 1 aromatic rings. The van der Waals surface area contributed by atoms with Gasteiger partial charge in [-0.15, -0.1) is 0 Å². The molecule has 0 amide bonds. The van der Waals surface area contributed by atoms with Gasteiger partial charge in [0.25, 0.3) is 0 Å². The molecule has 1 saturated carbocycles. The molecule has 0 atom stereocenters. The number of nitrogens with two attached hydrogens (primary N) is 1. The van der Waals surface area contributed by atoms with E-state index in [9.17, 15) is 13.2 Å². The number of anilines is 2. The van der Waals surface area contributed by atoms with Gasteiger partial charge in [-0.1, -0.05) is 0 Å². The molecule has 0 aromatic heterocycles. The SMILES string of the molecule is Nc1cc(C(=O)O)ccc1NS(=O)(=O)CC1CC1. The highest BCUT2D eigenvalue weighted by atomic mass is 32.2. The number of sulfonamides is 1. The molecule has 0 spiro atoms. The van der Waals surface area contributed by atoms with Gasteiger partial charge in [0.2, 0.25) is 10.0 Å². The van der Waals surface area contributed by atoms with E-state index >= 15 is 0 Å². The van der Waals surface area contributed by atoms with Crippen molar-refractivity contribution in [1.29, 1.82) is 0 Å². The first-order chi connectivity index (χ1) is 8.37. The molecule has 0 radical (unpaired) electrons. The summed E-state index contributed by atoms with van der Waals surface area (Å²) in [4.78, 5) is 10.7. The second-order valence-corrected chi connectivity index (χ2v) is 6.20. The summed E-state index contributed by atoms with van der Waals surface area (Å²) < 4.78 is 25.9. The fraction of sp³-hybridized carbons (Fsp3) is 0.364. The second-order valence-electron chi connectivity index (χ2n) is 4.43. The Bertz CT molecular complexity index is 579. The van der Waals surface area contributed by atoms with Crippen LogP contribution >= 0.6 is 0 Å². The molecular formula is C11H14N2O4S. The fourth-order valence-electron chi connectivity index (χ4n) is 1.59. The molecular weight excluding hydrogens is 256 g/mol. The molecule has 4 N–H and O–H groups in total. The predicted octanol–water partition coefficient (Wildman–Crippen LogP) is 1.12. The third-order valence-corrected chi connectivity index (χ3v) is 4.16. The van der Waals surface area contributed by atoms with Crippen molar-refractivity contribution in [3.8, 4) is 0 Å². The van der Waals surface area contributed by atoms with Crippen molar-refractivity contribution in [2.45, 2.75) is 12.8 Å². The maximum absolute atomic E-state index is 11.7. The summed E-state index contributed by atoms with van der Waals surface area (Å²) in [6.45, 7) is 0. The minimum atomic E-state index is -3.40. The van der Waals surface area contributed by atoms with Crippen molar-refractivity contribution >= 4 is 27.4 Å². The minimum Gasteiger partial charge on any atom is -0.478 e. The summed E-state index contributed by atoms with van der Waals surface area (Å²) in [5.74, 6) is -0.774. The lowest BCUT2D eigenvalue weighted by Crippen LogP contribution is -2.18. The molecule has 6 nitrogen and oxygen atoms in total. The zero-order valence-electron chi connectivity index (χ0n) is 9.59. The minimum absolute atomic E-state index is 0.0256. The average Bonchev–Trinajstić information content (AvgIpc) is 3.03. The summed E-state index contributed by atoms with van der Waals surface area (Å²) in [6.07, 6.45) is 1.88. The molecule has 0 saturated heterocycles. The van der Waals surface area contributed by atoms with Crippen molar-refractivity contribution in [2.24, 2.45) is 5.92 Å². The number of carboxylic acid groups (broad SMARTS) is 1. The Labute approximate surface area is 105 Å². The Morgan fingerprint density at radius 1 is 1.44 bits per heavy atom. The number of hydrogen-bond donors (Lipinski definition) is 3. The van der Waals surface area contributed by atoms with Gasteiger partial charge in [0.1, 0.15) is 0 Å². The van der Waals surface area contributed by atoms with E-state index in [4.69, 9.17) is 10.8 Å². The molecule has 1 aromatic carbocycles. The van der Waals surface area contributed by atoms with E-state index in [1.807, 2.05) is 0 Å². The Kier molecular flexibility index (Phi) is 3.16. The van der Waals surface area contributed by atoms with Crippen LogP contribution in [0.5, 0.6) is 0 Å². The molecule has 0 bridgehead atoms. The van der Waals surface area contributed by atoms with Gasteiger partial charge in [0.05, 0.1) is 22.7 Å². The van der Waals surface area contributed by atoms with Crippen molar-refractivity contribution in [3.05, 3.63) is 23.8 Å². The van der Waals surface area contributed by atoms with Crippen LogP contribution in [0, 0.1) is 5.92 Å². The number of carboxylic acids is 1. The number of nitrogens with one attached hydrogen (secondary N) is 1. The van der Waals surface area contributed by atoms with Crippen LogP contribution in [0.1, 0.15) is 23.2 Å². The first-order valence-corrected chi connectivity index (χ1v) is 7.16. The van der Waals surface area contributed by atoms with Crippen LogP contribution in [0.2, 0.25) is 0 Å². The van der Waals surface area contributed by atoms with Crippen LogP contribution in [-0.4, -0.2) is 25.2 Å². The van der Waals surface area contributed by atoms with E-state index < -0.39 is 16.0 Å². The van der Waals surface area contributed by atoms with Crippen LogP contribution in [0.25, 0.3) is 0 Å². The van der Waals surface area contributed by atoms with Gasteiger partial charge >= 0.3 is 5.97 Å². The second kappa shape index (κ2) is 4.49. The average molecular weight is 270 g/mol. The Morgan fingerprint density at radius 2 is 2.11 bits per heavy atom. The van der Waals surface area contributed by atoms with Gasteiger partial charge in [0.15, 0.2) is 0 Å². The first-order valence-electron chi connectivity index (χ1n) is 5.51. The number of hydrogen-bond acceptors (Lipinski definition) is 4. The summed E-state index contributed by atoms with van der Waals surface area (Å²) in [5, 5.41) is 8.77. The lowest BCUT2D eigenvalue weighted by atomic mass is 10.2. The lowest BCUT2D eigenvalue weighted by molar-refractivity contribution is 0.0697.